The number of nitrogens with one attached hydrogen (secondary N) is 3. The highest BCUT2D eigenvalue weighted by Crippen LogP contribution is 2.24. The van der Waals surface area contributed by atoms with E-state index in [1.165, 1.54) is 18.3 Å². The second kappa shape index (κ2) is 11.6. The van der Waals surface area contributed by atoms with E-state index in [0.29, 0.717) is 19.6 Å². The molecular formula is C22H27F3N6O4. The molecule has 3 N–H and O–H groups in total. The first kappa shape index (κ1) is 25.8. The highest BCUT2D eigenvalue weighted by atomic mass is 19.4. The third-order valence-electron chi connectivity index (χ3n) is 5.18. The first-order chi connectivity index (χ1) is 16.6. The number of nitrogens with zero attached hydrogens (tertiary/aromatic N) is 3. The molecule has 0 spiro atoms. The number of aromatic nitrogens is 2. The molecule has 1 aromatic heterocycles. The second-order valence-electron chi connectivity index (χ2n) is 7.92. The van der Waals surface area contributed by atoms with Gasteiger partial charge in [-0.25, -0.2) is 9.78 Å². The van der Waals surface area contributed by atoms with Crippen molar-refractivity contribution in [1.29, 1.82) is 0 Å². The highest BCUT2D eigenvalue weighted by molar-refractivity contribution is 6.00. The number of amides is 4. The van der Waals surface area contributed by atoms with Crippen molar-refractivity contribution in [3.8, 4) is 5.75 Å². The van der Waals surface area contributed by atoms with E-state index in [-0.39, 0.29) is 29.8 Å². The normalized spacial score (nSPS) is 13.4. The van der Waals surface area contributed by atoms with E-state index >= 15 is 0 Å². The number of anilines is 2. The quantitative estimate of drug-likeness (QED) is 0.491. The minimum absolute atomic E-state index is 0.0524. The zero-order valence-corrected chi connectivity index (χ0v) is 19.2. The molecule has 1 saturated heterocycles. The Hall–Kier alpha value is -3.77. The van der Waals surface area contributed by atoms with Gasteiger partial charge in [-0.15, -0.1) is 13.2 Å². The van der Waals surface area contributed by atoms with Gasteiger partial charge in [0.1, 0.15) is 5.75 Å². The lowest BCUT2D eigenvalue weighted by Gasteiger charge is -2.15. The van der Waals surface area contributed by atoms with Gasteiger partial charge in [0.2, 0.25) is 11.7 Å². The zero-order chi connectivity index (χ0) is 25.4. The van der Waals surface area contributed by atoms with Crippen molar-refractivity contribution >= 4 is 29.4 Å². The Balaban J connectivity index is 1.60. The predicted octanol–water partition coefficient (Wildman–Crippen LogP) is 3.58. The lowest BCUT2D eigenvalue weighted by Crippen LogP contribution is -2.39. The van der Waals surface area contributed by atoms with Crippen LogP contribution in [0.2, 0.25) is 0 Å². The molecule has 0 radical (unpaired) electrons. The van der Waals surface area contributed by atoms with Crippen molar-refractivity contribution in [3.63, 3.8) is 0 Å². The van der Waals surface area contributed by atoms with Gasteiger partial charge in [-0.3, -0.25) is 14.9 Å². The first-order valence-electron chi connectivity index (χ1n) is 11.2. The number of carbonyl (C=O) groups is 3. The summed E-state index contributed by atoms with van der Waals surface area (Å²) in [7, 11) is 0. The molecule has 0 aliphatic carbocycles. The van der Waals surface area contributed by atoms with Crippen LogP contribution in [0, 0.1) is 0 Å². The molecule has 0 atom stereocenters. The summed E-state index contributed by atoms with van der Waals surface area (Å²) in [6.07, 6.45) is 0.222. The summed E-state index contributed by atoms with van der Waals surface area (Å²) in [5.74, 6) is -0.963. The average molecular weight is 496 g/mol. The van der Waals surface area contributed by atoms with Gasteiger partial charge in [0.15, 0.2) is 5.82 Å². The molecule has 2 aromatic rings. The van der Waals surface area contributed by atoms with Gasteiger partial charge in [-0.05, 0) is 43.5 Å². The lowest BCUT2D eigenvalue weighted by molar-refractivity contribution is -0.274. The Morgan fingerprint density at radius 2 is 1.77 bits per heavy atom. The zero-order valence-electron chi connectivity index (χ0n) is 19.2. The van der Waals surface area contributed by atoms with Crippen molar-refractivity contribution in [2.24, 2.45) is 0 Å². The topological polar surface area (TPSA) is 118 Å². The van der Waals surface area contributed by atoms with Crippen molar-refractivity contribution in [3.05, 3.63) is 36.3 Å². The molecule has 3 rings (SSSR count). The van der Waals surface area contributed by atoms with Crippen LogP contribution in [0.1, 0.15) is 43.2 Å². The molecule has 2 heterocycles. The van der Waals surface area contributed by atoms with Crippen molar-refractivity contribution in [1.82, 2.24) is 19.8 Å². The molecule has 1 fully saturated rings. The van der Waals surface area contributed by atoms with Crippen LogP contribution >= 0.6 is 0 Å². The maximum Gasteiger partial charge on any atom is 0.573 e. The van der Waals surface area contributed by atoms with Crippen LogP contribution in [0.15, 0.2) is 30.5 Å². The third-order valence-corrected chi connectivity index (χ3v) is 5.18. The van der Waals surface area contributed by atoms with Crippen LogP contribution in [0.4, 0.5) is 29.5 Å². The van der Waals surface area contributed by atoms with E-state index in [0.717, 1.165) is 37.8 Å². The molecule has 0 bridgehead atoms. The Bertz CT molecular complexity index is 1030. The Morgan fingerprint density at radius 3 is 2.40 bits per heavy atom. The number of halogens is 3. The van der Waals surface area contributed by atoms with Gasteiger partial charge in [0.05, 0.1) is 6.54 Å². The number of aryl methyl sites for hydroxylation is 1. The van der Waals surface area contributed by atoms with Gasteiger partial charge in [-0.2, -0.15) is 0 Å². The van der Waals surface area contributed by atoms with Crippen molar-refractivity contribution < 1.29 is 32.3 Å². The Kier molecular flexibility index (Phi) is 8.55. The number of ether oxygens (including phenoxy) is 1. The molecule has 0 unspecified atom stereocenters. The highest BCUT2D eigenvalue weighted by Gasteiger charge is 2.31. The van der Waals surface area contributed by atoms with Crippen LogP contribution in [0.5, 0.6) is 5.75 Å². The van der Waals surface area contributed by atoms with Gasteiger partial charge < -0.3 is 24.8 Å². The van der Waals surface area contributed by atoms with Crippen LogP contribution in [-0.2, 0) is 11.3 Å². The molecule has 1 aliphatic heterocycles. The fraction of sp³-hybridized carbons (Fsp3) is 0.455. The number of imidazole rings is 1. The smallest absolute Gasteiger partial charge is 0.406 e. The molecule has 10 nitrogen and oxygen atoms in total. The van der Waals surface area contributed by atoms with E-state index in [1.807, 2.05) is 6.92 Å². The number of likely N-dealkylation sites (tertiary alicyclic amines) is 1. The molecule has 13 heteroatoms. The largest absolute Gasteiger partial charge is 0.573 e. The summed E-state index contributed by atoms with van der Waals surface area (Å²) in [5.41, 5.74) is 0.223. The van der Waals surface area contributed by atoms with E-state index in [9.17, 15) is 27.6 Å². The number of rotatable bonds is 9. The monoisotopic (exact) mass is 496 g/mol. The van der Waals surface area contributed by atoms with Gasteiger partial charge in [0, 0.05) is 31.5 Å². The Morgan fingerprint density at radius 1 is 1.09 bits per heavy atom. The number of unbranched alkanes of at least 4 members (excludes halogenated alkanes) is 1. The van der Waals surface area contributed by atoms with Crippen molar-refractivity contribution in [2.45, 2.75) is 45.5 Å². The van der Waals surface area contributed by atoms with Gasteiger partial charge >= 0.3 is 12.4 Å². The summed E-state index contributed by atoms with van der Waals surface area (Å²) in [6.45, 7) is 3.69. The molecule has 190 valence electrons. The van der Waals surface area contributed by atoms with Gasteiger partial charge in [-0.1, -0.05) is 13.3 Å². The minimum atomic E-state index is -4.81. The Labute approximate surface area is 199 Å². The van der Waals surface area contributed by atoms with Gasteiger partial charge in [0.25, 0.3) is 5.91 Å². The molecular weight excluding hydrogens is 469 g/mol. The second-order valence-corrected chi connectivity index (χ2v) is 7.92. The molecule has 1 aromatic carbocycles. The maximum absolute atomic E-state index is 12.7. The molecule has 35 heavy (non-hydrogen) atoms. The third kappa shape index (κ3) is 7.90. The van der Waals surface area contributed by atoms with E-state index in [4.69, 9.17) is 0 Å². The summed E-state index contributed by atoms with van der Waals surface area (Å²) >= 11 is 0. The summed E-state index contributed by atoms with van der Waals surface area (Å²) in [5, 5.41) is 7.55. The molecule has 4 amide bonds. The van der Waals surface area contributed by atoms with Crippen LogP contribution in [0.25, 0.3) is 0 Å². The summed E-state index contributed by atoms with van der Waals surface area (Å²) in [4.78, 5) is 43.1. The predicted molar refractivity (Wildman–Crippen MR) is 121 cm³/mol. The molecule has 1 aliphatic rings. The maximum atomic E-state index is 12.7. The number of benzene rings is 1. The lowest BCUT2D eigenvalue weighted by atomic mass is 10.3. The standard InChI is InChI=1S/C22H27F3N6O4/c1-2-3-10-31-14-17(28-19(31)20(33)26-13-18(32)30-11-4-5-12-30)29-21(34)27-15-6-8-16(9-7-15)35-22(23,24)25/h6-9,14H,2-5,10-13H2,1H3,(H,26,33)(H2,27,29,34). The summed E-state index contributed by atoms with van der Waals surface area (Å²) in [6, 6.07) is 3.92. The van der Waals surface area contributed by atoms with Crippen molar-refractivity contribution in [2.75, 3.05) is 30.3 Å². The number of carbonyl (C=O) groups excluding carboxylic acids is 3. The van der Waals surface area contributed by atoms with E-state index in [2.05, 4.69) is 25.7 Å². The minimum Gasteiger partial charge on any atom is -0.406 e. The molecule has 0 saturated carbocycles. The number of alkyl halides is 3. The fourth-order valence-corrected chi connectivity index (χ4v) is 3.49. The van der Waals surface area contributed by atoms with E-state index in [1.54, 1.807) is 9.47 Å². The van der Waals surface area contributed by atoms with Crippen LogP contribution < -0.4 is 20.7 Å². The fourth-order valence-electron chi connectivity index (χ4n) is 3.49. The number of hydrogen-bond acceptors (Lipinski definition) is 5. The first-order valence-corrected chi connectivity index (χ1v) is 11.2. The van der Waals surface area contributed by atoms with E-state index < -0.39 is 24.1 Å². The van der Waals surface area contributed by atoms with Crippen LogP contribution in [-0.4, -0.2) is 58.3 Å². The SMILES string of the molecule is CCCCn1cc(NC(=O)Nc2ccc(OC(F)(F)F)cc2)nc1C(=O)NCC(=O)N1CCCC1. The number of urea groups is 1. The average Bonchev–Trinajstić information content (AvgIpc) is 3.46. The number of hydrogen-bond donors (Lipinski definition) is 3. The van der Waals surface area contributed by atoms with Crippen LogP contribution in [0.3, 0.4) is 0 Å². The summed E-state index contributed by atoms with van der Waals surface area (Å²) < 4.78 is 42.2.